The summed E-state index contributed by atoms with van der Waals surface area (Å²) in [6.45, 7) is 9.51. The zero-order valence-electron chi connectivity index (χ0n) is 16.2. The molecule has 4 heteroatoms. The van der Waals surface area contributed by atoms with E-state index in [4.69, 9.17) is 0 Å². The molecular formula is C22H29N3O. The van der Waals surface area contributed by atoms with Crippen molar-refractivity contribution in [2.75, 3.05) is 6.54 Å². The number of amides is 1. The largest absolute Gasteiger partial charge is 0.350 e. The van der Waals surface area contributed by atoms with Crippen molar-refractivity contribution in [3.63, 3.8) is 0 Å². The number of benzene rings is 1. The molecule has 4 nitrogen and oxygen atoms in total. The highest BCUT2D eigenvalue weighted by Gasteiger charge is 2.52. The Kier molecular flexibility index (Phi) is 4.17. The number of nitrogens with zero attached hydrogens (tertiary/aromatic N) is 2. The van der Waals surface area contributed by atoms with Crippen molar-refractivity contribution >= 4 is 5.91 Å². The summed E-state index contributed by atoms with van der Waals surface area (Å²) in [5, 5.41) is 3.16. The molecule has 0 aliphatic heterocycles. The highest BCUT2D eigenvalue weighted by molar-refractivity contribution is 5.93. The van der Waals surface area contributed by atoms with Crippen LogP contribution in [0.5, 0.6) is 0 Å². The molecule has 1 aromatic heterocycles. The molecule has 1 N–H and O–H groups in total. The first kappa shape index (κ1) is 17.3. The van der Waals surface area contributed by atoms with E-state index in [0.717, 1.165) is 35.6 Å². The molecule has 3 aliphatic rings. The molecule has 1 heterocycles. The molecule has 2 bridgehead atoms. The maximum Gasteiger partial charge on any atom is 0.271 e. The number of para-hydroxylation sites is 1. The standard InChI is InChI=1S/C22H29N3O/c1-14-20(24-15(2)25(14)19-8-6-5-7-9-19)21(26)23-13-16-10-17-12-18(11-16)22(17,3)4/h5-9,16-18H,10-13H2,1-4H3,(H,23,26)/t16?,17-,18+. The first-order valence-electron chi connectivity index (χ1n) is 9.77. The summed E-state index contributed by atoms with van der Waals surface area (Å²) in [4.78, 5) is 17.3. The number of rotatable bonds is 4. The van der Waals surface area contributed by atoms with Crippen LogP contribution in [0.25, 0.3) is 5.69 Å². The normalized spacial score (nSPS) is 26.2. The van der Waals surface area contributed by atoms with Gasteiger partial charge in [-0.15, -0.1) is 0 Å². The van der Waals surface area contributed by atoms with Gasteiger partial charge >= 0.3 is 0 Å². The molecule has 3 aliphatic carbocycles. The molecule has 2 aromatic rings. The highest BCUT2D eigenvalue weighted by atomic mass is 16.1. The van der Waals surface area contributed by atoms with Crippen LogP contribution in [-0.4, -0.2) is 22.0 Å². The van der Waals surface area contributed by atoms with Gasteiger partial charge in [-0.3, -0.25) is 4.79 Å². The first-order chi connectivity index (χ1) is 12.4. The van der Waals surface area contributed by atoms with Crippen molar-refractivity contribution in [3.05, 3.63) is 47.5 Å². The minimum atomic E-state index is -0.0428. The van der Waals surface area contributed by atoms with Gasteiger partial charge in [0.05, 0.1) is 5.69 Å². The Hall–Kier alpha value is -2.10. The molecule has 3 saturated carbocycles. The van der Waals surface area contributed by atoms with Crippen LogP contribution in [0, 0.1) is 37.0 Å². The van der Waals surface area contributed by atoms with Crippen molar-refractivity contribution in [1.82, 2.24) is 14.9 Å². The van der Waals surface area contributed by atoms with Crippen LogP contribution in [0.15, 0.2) is 30.3 Å². The monoisotopic (exact) mass is 351 g/mol. The van der Waals surface area contributed by atoms with E-state index < -0.39 is 0 Å². The molecule has 26 heavy (non-hydrogen) atoms. The Morgan fingerprint density at radius 2 is 1.81 bits per heavy atom. The molecule has 0 radical (unpaired) electrons. The van der Waals surface area contributed by atoms with Crippen LogP contribution in [0.2, 0.25) is 0 Å². The van der Waals surface area contributed by atoms with Crippen LogP contribution < -0.4 is 5.32 Å². The molecule has 3 fully saturated rings. The number of aromatic nitrogens is 2. The number of hydrogen-bond acceptors (Lipinski definition) is 2. The number of imidazole rings is 1. The summed E-state index contributed by atoms with van der Waals surface area (Å²) in [5.74, 6) is 3.10. The van der Waals surface area contributed by atoms with Gasteiger partial charge in [0.25, 0.3) is 5.91 Å². The summed E-state index contributed by atoms with van der Waals surface area (Å²) in [6, 6.07) is 10.1. The van der Waals surface area contributed by atoms with Gasteiger partial charge in [0.2, 0.25) is 0 Å². The van der Waals surface area contributed by atoms with Gasteiger partial charge in [0, 0.05) is 12.2 Å². The number of aryl methyl sites for hydroxylation is 1. The van der Waals surface area contributed by atoms with Gasteiger partial charge in [-0.05, 0) is 68.4 Å². The van der Waals surface area contributed by atoms with Gasteiger partial charge in [0.15, 0.2) is 0 Å². The molecule has 1 unspecified atom stereocenters. The van der Waals surface area contributed by atoms with Crippen molar-refractivity contribution in [1.29, 1.82) is 0 Å². The van der Waals surface area contributed by atoms with Crippen molar-refractivity contribution in [3.8, 4) is 5.69 Å². The SMILES string of the molecule is Cc1nc(C(=O)NCC2C[C@@H]3C[C@H](C2)C3(C)C)c(C)n1-c1ccccc1. The first-order valence-corrected chi connectivity index (χ1v) is 9.77. The number of hydrogen-bond donors (Lipinski definition) is 1. The van der Waals surface area contributed by atoms with Crippen molar-refractivity contribution in [2.45, 2.75) is 47.0 Å². The number of fused-ring (bicyclic) bond motifs is 2. The summed E-state index contributed by atoms with van der Waals surface area (Å²) in [5.41, 5.74) is 3.01. The third-order valence-corrected chi connectivity index (χ3v) is 6.97. The smallest absolute Gasteiger partial charge is 0.271 e. The minimum Gasteiger partial charge on any atom is -0.350 e. The second-order valence-electron chi connectivity index (χ2n) is 8.76. The van der Waals surface area contributed by atoms with Crippen LogP contribution in [0.3, 0.4) is 0 Å². The molecule has 138 valence electrons. The zero-order chi connectivity index (χ0) is 18.5. The van der Waals surface area contributed by atoms with Crippen LogP contribution in [0.4, 0.5) is 0 Å². The van der Waals surface area contributed by atoms with Gasteiger partial charge in [0.1, 0.15) is 11.5 Å². The predicted molar refractivity (Wildman–Crippen MR) is 103 cm³/mol. The lowest BCUT2D eigenvalue weighted by Gasteiger charge is -2.59. The second kappa shape index (κ2) is 6.26. The van der Waals surface area contributed by atoms with Crippen LogP contribution in [0.1, 0.15) is 55.1 Å². The van der Waals surface area contributed by atoms with E-state index in [1.807, 2.05) is 48.7 Å². The van der Waals surface area contributed by atoms with E-state index in [1.165, 1.54) is 19.3 Å². The van der Waals surface area contributed by atoms with E-state index in [9.17, 15) is 4.79 Å². The highest BCUT2D eigenvalue weighted by Crippen LogP contribution is 2.60. The fourth-order valence-electron chi connectivity index (χ4n) is 5.13. The lowest BCUT2D eigenvalue weighted by atomic mass is 9.47. The fraction of sp³-hybridized carbons (Fsp3) is 0.545. The summed E-state index contributed by atoms with van der Waals surface area (Å²) < 4.78 is 2.05. The number of carbonyl (C=O) groups excluding carboxylic acids is 1. The Labute approximate surface area is 156 Å². The Morgan fingerprint density at radius 1 is 1.15 bits per heavy atom. The predicted octanol–water partition coefficient (Wildman–Crippen LogP) is 4.29. The van der Waals surface area contributed by atoms with Crippen molar-refractivity contribution in [2.24, 2.45) is 23.2 Å². The average molecular weight is 351 g/mol. The van der Waals surface area contributed by atoms with Crippen LogP contribution in [-0.2, 0) is 0 Å². The van der Waals surface area contributed by atoms with Gasteiger partial charge < -0.3 is 9.88 Å². The molecule has 0 spiro atoms. The lowest BCUT2D eigenvalue weighted by Crippen LogP contribution is -2.52. The molecular weight excluding hydrogens is 322 g/mol. The molecule has 5 rings (SSSR count). The Bertz CT molecular complexity index is 807. The third-order valence-electron chi connectivity index (χ3n) is 6.97. The fourth-order valence-corrected chi connectivity index (χ4v) is 5.13. The van der Waals surface area contributed by atoms with Crippen LogP contribution >= 0.6 is 0 Å². The minimum absolute atomic E-state index is 0.0428. The lowest BCUT2D eigenvalue weighted by molar-refractivity contribution is -0.0887. The Morgan fingerprint density at radius 3 is 2.42 bits per heavy atom. The van der Waals surface area contributed by atoms with Gasteiger partial charge in [-0.25, -0.2) is 4.98 Å². The van der Waals surface area contributed by atoms with E-state index >= 15 is 0 Å². The zero-order valence-corrected chi connectivity index (χ0v) is 16.2. The van der Waals surface area contributed by atoms with E-state index in [-0.39, 0.29) is 5.91 Å². The summed E-state index contributed by atoms with van der Waals surface area (Å²) in [6.07, 6.45) is 3.89. The molecule has 0 saturated heterocycles. The molecule has 3 atom stereocenters. The number of nitrogens with one attached hydrogen (secondary N) is 1. The van der Waals surface area contributed by atoms with E-state index in [0.29, 0.717) is 17.0 Å². The third kappa shape index (κ3) is 2.76. The van der Waals surface area contributed by atoms with E-state index in [2.05, 4.69) is 24.1 Å². The topological polar surface area (TPSA) is 46.9 Å². The Balaban J connectivity index is 1.43. The maximum atomic E-state index is 12.7. The van der Waals surface area contributed by atoms with Gasteiger partial charge in [-0.1, -0.05) is 32.0 Å². The van der Waals surface area contributed by atoms with E-state index in [1.54, 1.807) is 0 Å². The molecule has 1 amide bonds. The van der Waals surface area contributed by atoms with Gasteiger partial charge in [-0.2, -0.15) is 0 Å². The second-order valence-corrected chi connectivity index (χ2v) is 8.76. The summed E-state index contributed by atoms with van der Waals surface area (Å²) in [7, 11) is 0. The van der Waals surface area contributed by atoms with Crippen molar-refractivity contribution < 1.29 is 4.79 Å². The number of carbonyl (C=O) groups is 1. The quantitative estimate of drug-likeness (QED) is 0.893. The maximum absolute atomic E-state index is 12.7. The molecule has 1 aromatic carbocycles. The summed E-state index contributed by atoms with van der Waals surface area (Å²) >= 11 is 0. The average Bonchev–Trinajstić information content (AvgIpc) is 2.95.